The molecule has 0 saturated carbocycles. The van der Waals surface area contributed by atoms with Crippen LogP contribution in [0.1, 0.15) is 31.7 Å². The third kappa shape index (κ3) is 4.09. The van der Waals surface area contributed by atoms with Crippen molar-refractivity contribution in [2.24, 2.45) is 0 Å². The number of halogens is 2. The smallest absolute Gasteiger partial charge is 0.133 e. The van der Waals surface area contributed by atoms with Crippen LogP contribution in [-0.2, 0) is 0 Å². The van der Waals surface area contributed by atoms with Gasteiger partial charge in [-0.25, -0.2) is 8.78 Å². The van der Waals surface area contributed by atoms with E-state index in [1.165, 1.54) is 50.1 Å². The summed E-state index contributed by atoms with van der Waals surface area (Å²) in [5.74, 6) is -1.08. The lowest BCUT2D eigenvalue weighted by atomic mass is 10.0. The fraction of sp³-hybridized carbons (Fsp3) is 0.333. The summed E-state index contributed by atoms with van der Waals surface area (Å²) in [5.41, 5.74) is 3.56. The van der Waals surface area contributed by atoms with Gasteiger partial charge in [-0.05, 0) is 61.7 Å². The first-order chi connectivity index (χ1) is 11.6. The van der Waals surface area contributed by atoms with Crippen molar-refractivity contribution in [3.8, 4) is 11.1 Å². The molecule has 1 saturated heterocycles. The van der Waals surface area contributed by atoms with Gasteiger partial charge in [0.2, 0.25) is 0 Å². The summed E-state index contributed by atoms with van der Waals surface area (Å²) >= 11 is 0. The maximum atomic E-state index is 13.9. The second-order valence-corrected chi connectivity index (χ2v) is 6.45. The van der Waals surface area contributed by atoms with Crippen LogP contribution in [0.15, 0.2) is 48.5 Å². The highest BCUT2D eigenvalue weighted by Gasteiger charge is 2.09. The minimum Gasteiger partial charge on any atom is -0.300 e. The molecule has 0 aromatic heterocycles. The first-order valence-corrected chi connectivity index (χ1v) is 8.58. The number of hydrogen-bond acceptors (Lipinski definition) is 1. The molecule has 1 fully saturated rings. The lowest BCUT2D eigenvalue weighted by Gasteiger charge is -2.25. The zero-order valence-electron chi connectivity index (χ0n) is 14.1. The molecule has 1 aliphatic rings. The molecule has 2 aromatic rings. The first kappa shape index (κ1) is 16.8. The summed E-state index contributed by atoms with van der Waals surface area (Å²) in [6.07, 6.45) is 6.20. The molecule has 1 heterocycles. The maximum absolute atomic E-state index is 13.9. The SMILES string of the molecule is CC(=CCN1CCCCC1)c1ccc(-c2ccc(F)cc2F)cc1. The maximum Gasteiger partial charge on any atom is 0.133 e. The van der Waals surface area contributed by atoms with E-state index in [9.17, 15) is 8.78 Å². The summed E-state index contributed by atoms with van der Waals surface area (Å²) in [6.45, 7) is 5.47. The molecular formula is C21H23F2N. The van der Waals surface area contributed by atoms with Crippen LogP contribution < -0.4 is 0 Å². The van der Waals surface area contributed by atoms with E-state index in [2.05, 4.69) is 17.9 Å². The Bertz CT molecular complexity index is 713. The minimum atomic E-state index is -0.552. The molecule has 0 amide bonds. The van der Waals surface area contributed by atoms with Gasteiger partial charge in [0.1, 0.15) is 11.6 Å². The molecule has 3 rings (SSSR count). The Morgan fingerprint density at radius 1 is 1.00 bits per heavy atom. The van der Waals surface area contributed by atoms with Crippen molar-refractivity contribution in [1.82, 2.24) is 4.90 Å². The van der Waals surface area contributed by atoms with Gasteiger partial charge in [-0.1, -0.05) is 36.8 Å². The molecule has 0 radical (unpaired) electrons. The third-order valence-corrected chi connectivity index (χ3v) is 4.69. The summed E-state index contributed by atoms with van der Waals surface area (Å²) in [5, 5.41) is 0. The number of piperidine rings is 1. The van der Waals surface area contributed by atoms with Gasteiger partial charge in [-0.2, -0.15) is 0 Å². The molecule has 0 spiro atoms. The van der Waals surface area contributed by atoms with E-state index in [4.69, 9.17) is 0 Å². The molecule has 0 aliphatic carbocycles. The zero-order valence-corrected chi connectivity index (χ0v) is 14.1. The average Bonchev–Trinajstić information content (AvgIpc) is 2.61. The van der Waals surface area contributed by atoms with Crippen molar-refractivity contribution in [2.75, 3.05) is 19.6 Å². The van der Waals surface area contributed by atoms with E-state index in [-0.39, 0.29) is 0 Å². The molecule has 24 heavy (non-hydrogen) atoms. The third-order valence-electron chi connectivity index (χ3n) is 4.69. The van der Waals surface area contributed by atoms with Crippen LogP contribution in [0.2, 0.25) is 0 Å². The van der Waals surface area contributed by atoms with Crippen molar-refractivity contribution >= 4 is 5.57 Å². The largest absolute Gasteiger partial charge is 0.300 e. The quantitative estimate of drug-likeness (QED) is 0.714. The van der Waals surface area contributed by atoms with E-state index in [1.54, 1.807) is 0 Å². The number of likely N-dealkylation sites (tertiary alicyclic amines) is 1. The fourth-order valence-corrected chi connectivity index (χ4v) is 3.16. The highest BCUT2D eigenvalue weighted by atomic mass is 19.1. The van der Waals surface area contributed by atoms with Crippen LogP contribution in [0.25, 0.3) is 16.7 Å². The summed E-state index contributed by atoms with van der Waals surface area (Å²) in [6, 6.07) is 11.5. The zero-order chi connectivity index (χ0) is 16.9. The highest BCUT2D eigenvalue weighted by molar-refractivity contribution is 5.70. The Kier molecular flexibility index (Phi) is 5.41. The van der Waals surface area contributed by atoms with E-state index in [0.29, 0.717) is 5.56 Å². The Morgan fingerprint density at radius 2 is 1.71 bits per heavy atom. The summed E-state index contributed by atoms with van der Waals surface area (Å²) in [4.78, 5) is 2.48. The van der Waals surface area contributed by atoms with Gasteiger partial charge >= 0.3 is 0 Å². The first-order valence-electron chi connectivity index (χ1n) is 8.58. The Balaban J connectivity index is 1.71. The normalized spacial score (nSPS) is 16.4. The van der Waals surface area contributed by atoms with E-state index < -0.39 is 11.6 Å². The van der Waals surface area contributed by atoms with Gasteiger partial charge in [-0.3, -0.25) is 4.90 Å². The van der Waals surface area contributed by atoms with Crippen LogP contribution in [0, 0.1) is 11.6 Å². The van der Waals surface area contributed by atoms with Crippen LogP contribution in [0.5, 0.6) is 0 Å². The predicted molar refractivity (Wildman–Crippen MR) is 95.7 cm³/mol. The van der Waals surface area contributed by atoms with E-state index in [1.807, 2.05) is 24.3 Å². The second kappa shape index (κ2) is 7.71. The van der Waals surface area contributed by atoms with Crippen molar-refractivity contribution in [2.45, 2.75) is 26.2 Å². The molecule has 0 atom stereocenters. The molecule has 2 aromatic carbocycles. The fourth-order valence-electron chi connectivity index (χ4n) is 3.16. The highest BCUT2D eigenvalue weighted by Crippen LogP contribution is 2.25. The van der Waals surface area contributed by atoms with Gasteiger partial charge in [0.25, 0.3) is 0 Å². The number of allylic oxidation sites excluding steroid dienone is 1. The van der Waals surface area contributed by atoms with E-state index >= 15 is 0 Å². The lowest BCUT2D eigenvalue weighted by Crippen LogP contribution is -2.29. The van der Waals surface area contributed by atoms with Gasteiger partial charge < -0.3 is 0 Å². The monoisotopic (exact) mass is 327 g/mol. The Hall–Kier alpha value is -2.00. The summed E-state index contributed by atoms with van der Waals surface area (Å²) in [7, 11) is 0. The van der Waals surface area contributed by atoms with Crippen LogP contribution >= 0.6 is 0 Å². The van der Waals surface area contributed by atoms with Crippen LogP contribution in [-0.4, -0.2) is 24.5 Å². The minimum absolute atomic E-state index is 0.429. The predicted octanol–water partition coefficient (Wildman–Crippen LogP) is 5.52. The van der Waals surface area contributed by atoms with Crippen LogP contribution in [0.4, 0.5) is 8.78 Å². The molecule has 0 unspecified atom stereocenters. The Morgan fingerprint density at radius 3 is 2.38 bits per heavy atom. The molecule has 0 bridgehead atoms. The number of hydrogen-bond donors (Lipinski definition) is 0. The van der Waals surface area contributed by atoms with Crippen molar-refractivity contribution in [1.29, 1.82) is 0 Å². The van der Waals surface area contributed by atoms with Gasteiger partial charge in [0, 0.05) is 18.2 Å². The summed E-state index contributed by atoms with van der Waals surface area (Å²) < 4.78 is 26.9. The van der Waals surface area contributed by atoms with Gasteiger partial charge in [0.05, 0.1) is 0 Å². The number of nitrogens with zero attached hydrogens (tertiary/aromatic N) is 1. The van der Waals surface area contributed by atoms with Crippen molar-refractivity contribution in [3.63, 3.8) is 0 Å². The molecule has 3 heteroatoms. The van der Waals surface area contributed by atoms with Gasteiger partial charge in [0.15, 0.2) is 0 Å². The molecule has 126 valence electrons. The molecule has 1 nitrogen and oxygen atoms in total. The van der Waals surface area contributed by atoms with E-state index in [0.717, 1.165) is 23.7 Å². The second-order valence-electron chi connectivity index (χ2n) is 6.45. The molecular weight excluding hydrogens is 304 g/mol. The lowest BCUT2D eigenvalue weighted by molar-refractivity contribution is 0.251. The average molecular weight is 327 g/mol. The van der Waals surface area contributed by atoms with Gasteiger partial charge in [-0.15, -0.1) is 0 Å². The topological polar surface area (TPSA) is 3.24 Å². The standard InChI is InChI=1S/C21H23F2N/c1-16(11-14-24-12-3-2-4-13-24)17-5-7-18(8-6-17)20-10-9-19(22)15-21(20)23/h5-11,15H,2-4,12-14H2,1H3. The Labute approximate surface area is 142 Å². The number of rotatable bonds is 4. The number of benzene rings is 2. The van der Waals surface area contributed by atoms with Crippen molar-refractivity contribution < 1.29 is 8.78 Å². The molecule has 0 N–H and O–H groups in total. The van der Waals surface area contributed by atoms with Crippen LogP contribution in [0.3, 0.4) is 0 Å². The van der Waals surface area contributed by atoms with Crippen molar-refractivity contribution in [3.05, 3.63) is 65.7 Å². The molecule has 1 aliphatic heterocycles.